The van der Waals surface area contributed by atoms with Crippen molar-refractivity contribution in [3.05, 3.63) is 12.2 Å². The Hall–Kier alpha value is -0.300. The smallest absolute Gasteiger partial charge is 0.0456 e. The molecule has 0 saturated carbocycles. The van der Waals surface area contributed by atoms with Gasteiger partial charge in [-0.05, 0) is 32.1 Å². The molecule has 1 N–H and O–H groups in total. The molecule has 10 heavy (non-hydrogen) atoms. The molecule has 1 atom stereocenters. The van der Waals surface area contributed by atoms with Crippen molar-refractivity contribution in [3.8, 4) is 0 Å². The Morgan fingerprint density at radius 1 is 1.60 bits per heavy atom. The summed E-state index contributed by atoms with van der Waals surface area (Å²) in [6, 6.07) is 0. The number of aliphatic hydroxyl groups is 1. The molecule has 0 heterocycles. The molecule has 0 fully saturated rings. The van der Waals surface area contributed by atoms with Crippen LogP contribution in [0.4, 0.5) is 0 Å². The lowest BCUT2D eigenvalue weighted by Crippen LogP contribution is -1.99. The molecule has 0 aliphatic carbocycles. The van der Waals surface area contributed by atoms with Crippen LogP contribution in [-0.4, -0.2) is 11.7 Å². The lowest BCUT2D eigenvalue weighted by atomic mass is 10.0. The summed E-state index contributed by atoms with van der Waals surface area (Å²) in [5.41, 5.74) is 1.24. The van der Waals surface area contributed by atoms with Crippen LogP contribution in [0.25, 0.3) is 0 Å². The summed E-state index contributed by atoms with van der Waals surface area (Å²) in [5, 5.41) is 8.68. The van der Waals surface area contributed by atoms with E-state index in [0.29, 0.717) is 12.5 Å². The van der Waals surface area contributed by atoms with Gasteiger partial charge in [-0.2, -0.15) is 0 Å². The van der Waals surface area contributed by atoms with Crippen LogP contribution in [0, 0.1) is 5.92 Å². The molecule has 1 nitrogen and oxygen atoms in total. The summed E-state index contributed by atoms with van der Waals surface area (Å²) in [4.78, 5) is 0. The van der Waals surface area contributed by atoms with Crippen LogP contribution in [0.1, 0.15) is 33.1 Å². The van der Waals surface area contributed by atoms with Gasteiger partial charge in [-0.3, -0.25) is 0 Å². The summed E-state index contributed by atoms with van der Waals surface area (Å²) in [6.45, 7) is 8.24. The van der Waals surface area contributed by atoms with Crippen LogP contribution in [-0.2, 0) is 0 Å². The minimum Gasteiger partial charge on any atom is -0.396 e. The summed E-state index contributed by atoms with van der Waals surface area (Å²) >= 11 is 0. The summed E-state index contributed by atoms with van der Waals surface area (Å²) in [7, 11) is 0. The maximum absolute atomic E-state index is 8.68. The number of rotatable bonds is 5. The highest BCUT2D eigenvalue weighted by Gasteiger charge is 1.98. The van der Waals surface area contributed by atoms with E-state index in [4.69, 9.17) is 5.11 Å². The number of hydrogen-bond donors (Lipinski definition) is 1. The fourth-order valence-electron chi connectivity index (χ4n) is 0.844. The zero-order valence-corrected chi connectivity index (χ0v) is 7.06. The molecule has 0 aromatic carbocycles. The largest absolute Gasteiger partial charge is 0.396 e. The first-order valence-corrected chi connectivity index (χ1v) is 3.92. The van der Waals surface area contributed by atoms with Crippen LogP contribution in [0.3, 0.4) is 0 Å². The van der Waals surface area contributed by atoms with Crippen molar-refractivity contribution in [2.45, 2.75) is 33.1 Å². The third-order valence-corrected chi connectivity index (χ3v) is 1.61. The fraction of sp³-hybridized carbons (Fsp3) is 0.778. The highest BCUT2D eigenvalue weighted by Crippen LogP contribution is 2.09. The van der Waals surface area contributed by atoms with Crippen molar-refractivity contribution >= 4 is 0 Å². The van der Waals surface area contributed by atoms with Crippen LogP contribution in [0.2, 0.25) is 0 Å². The molecule has 0 aliphatic rings. The maximum atomic E-state index is 8.68. The Kier molecular flexibility index (Phi) is 5.32. The lowest BCUT2D eigenvalue weighted by molar-refractivity contribution is 0.228. The minimum atomic E-state index is 0.316. The third-order valence-electron chi connectivity index (χ3n) is 1.61. The summed E-state index contributed by atoms with van der Waals surface area (Å²) < 4.78 is 0. The van der Waals surface area contributed by atoms with Gasteiger partial charge in [-0.1, -0.05) is 12.5 Å². The SMILES string of the molecule is C=C(C)CCC[C@@H](C)CO. The van der Waals surface area contributed by atoms with Crippen molar-refractivity contribution in [3.63, 3.8) is 0 Å². The van der Waals surface area contributed by atoms with Gasteiger partial charge in [0.2, 0.25) is 0 Å². The Morgan fingerprint density at radius 2 is 2.20 bits per heavy atom. The van der Waals surface area contributed by atoms with Crippen molar-refractivity contribution in [2.24, 2.45) is 5.92 Å². The van der Waals surface area contributed by atoms with Crippen LogP contribution < -0.4 is 0 Å². The second-order valence-electron chi connectivity index (χ2n) is 3.14. The Morgan fingerprint density at radius 3 is 2.60 bits per heavy atom. The molecule has 1 heteroatoms. The predicted octanol–water partition coefficient (Wildman–Crippen LogP) is 2.36. The second kappa shape index (κ2) is 5.48. The van der Waals surface area contributed by atoms with Crippen molar-refractivity contribution in [2.75, 3.05) is 6.61 Å². The van der Waals surface area contributed by atoms with Crippen LogP contribution >= 0.6 is 0 Å². The monoisotopic (exact) mass is 142 g/mol. The first kappa shape index (κ1) is 9.70. The average molecular weight is 142 g/mol. The third kappa shape index (κ3) is 5.83. The number of allylic oxidation sites excluding steroid dienone is 1. The van der Waals surface area contributed by atoms with E-state index in [9.17, 15) is 0 Å². The molecule has 0 unspecified atom stereocenters. The van der Waals surface area contributed by atoms with E-state index in [1.807, 2.05) is 6.92 Å². The van der Waals surface area contributed by atoms with Crippen molar-refractivity contribution in [1.82, 2.24) is 0 Å². The molecule has 0 aromatic heterocycles. The quantitative estimate of drug-likeness (QED) is 0.584. The maximum Gasteiger partial charge on any atom is 0.0456 e. The zero-order chi connectivity index (χ0) is 7.98. The van der Waals surface area contributed by atoms with Gasteiger partial charge in [0.05, 0.1) is 0 Å². The van der Waals surface area contributed by atoms with Gasteiger partial charge in [0.25, 0.3) is 0 Å². The minimum absolute atomic E-state index is 0.316. The first-order valence-electron chi connectivity index (χ1n) is 3.92. The van der Waals surface area contributed by atoms with Gasteiger partial charge in [0.15, 0.2) is 0 Å². The van der Waals surface area contributed by atoms with Gasteiger partial charge in [0.1, 0.15) is 0 Å². The van der Waals surface area contributed by atoms with Gasteiger partial charge in [-0.25, -0.2) is 0 Å². The molecular weight excluding hydrogens is 124 g/mol. The van der Waals surface area contributed by atoms with Crippen molar-refractivity contribution in [1.29, 1.82) is 0 Å². The van der Waals surface area contributed by atoms with E-state index >= 15 is 0 Å². The highest BCUT2D eigenvalue weighted by molar-refractivity contribution is 4.87. The Bertz CT molecular complexity index is 96.9. The summed E-state index contributed by atoms with van der Waals surface area (Å²) in [6.07, 6.45) is 3.38. The molecule has 0 rings (SSSR count). The number of aliphatic hydroxyl groups excluding tert-OH is 1. The van der Waals surface area contributed by atoms with Gasteiger partial charge >= 0.3 is 0 Å². The Balaban J connectivity index is 3.11. The van der Waals surface area contributed by atoms with Gasteiger partial charge < -0.3 is 5.11 Å². The first-order chi connectivity index (χ1) is 4.66. The van der Waals surface area contributed by atoms with E-state index in [2.05, 4.69) is 13.5 Å². The lowest BCUT2D eigenvalue weighted by Gasteiger charge is -2.05. The second-order valence-corrected chi connectivity index (χ2v) is 3.14. The molecule has 60 valence electrons. The topological polar surface area (TPSA) is 20.2 Å². The van der Waals surface area contributed by atoms with E-state index in [-0.39, 0.29) is 0 Å². The molecule has 0 aromatic rings. The molecule has 0 amide bonds. The van der Waals surface area contributed by atoms with Crippen LogP contribution in [0.5, 0.6) is 0 Å². The van der Waals surface area contributed by atoms with Gasteiger partial charge in [0, 0.05) is 6.61 Å². The van der Waals surface area contributed by atoms with Crippen molar-refractivity contribution < 1.29 is 5.11 Å². The molecule has 0 bridgehead atoms. The van der Waals surface area contributed by atoms with Crippen LogP contribution in [0.15, 0.2) is 12.2 Å². The normalized spacial score (nSPS) is 13.1. The highest BCUT2D eigenvalue weighted by atomic mass is 16.3. The zero-order valence-electron chi connectivity index (χ0n) is 7.06. The molecule has 0 saturated heterocycles. The molecule has 0 aliphatic heterocycles. The van der Waals surface area contributed by atoms with E-state index in [1.165, 1.54) is 5.57 Å². The van der Waals surface area contributed by atoms with E-state index in [0.717, 1.165) is 19.3 Å². The molecular formula is C9H18O. The Labute approximate surface area is 63.8 Å². The average Bonchev–Trinajstić information content (AvgIpc) is 1.87. The standard InChI is InChI=1S/C9H18O/c1-8(2)5-4-6-9(3)7-10/h9-10H,1,4-7H2,2-3H3/t9-/m1/s1. The molecule has 0 radical (unpaired) electrons. The number of hydrogen-bond acceptors (Lipinski definition) is 1. The van der Waals surface area contributed by atoms with Gasteiger partial charge in [-0.15, -0.1) is 6.58 Å². The van der Waals surface area contributed by atoms with E-state index < -0.39 is 0 Å². The molecule has 0 spiro atoms. The van der Waals surface area contributed by atoms with E-state index in [1.54, 1.807) is 0 Å². The predicted molar refractivity (Wildman–Crippen MR) is 44.9 cm³/mol. The summed E-state index contributed by atoms with van der Waals surface area (Å²) in [5.74, 6) is 0.458. The fourth-order valence-corrected chi connectivity index (χ4v) is 0.844.